The number of anilines is 1. The number of benzene rings is 1. The third kappa shape index (κ3) is 5.26. The van der Waals surface area contributed by atoms with E-state index in [4.69, 9.17) is 20.2 Å². The largest absolute Gasteiger partial charge is 0.468 e. The van der Waals surface area contributed by atoms with Crippen LogP contribution in [0.3, 0.4) is 0 Å². The summed E-state index contributed by atoms with van der Waals surface area (Å²) in [5.41, 5.74) is 11.6. The average Bonchev–Trinajstić information content (AvgIpc) is 3.53. The number of nitrogen functional groups attached to an aromatic ring is 1. The van der Waals surface area contributed by atoms with Crippen LogP contribution in [0.2, 0.25) is 0 Å². The molecule has 1 aromatic carbocycles. The van der Waals surface area contributed by atoms with Crippen molar-refractivity contribution in [2.24, 2.45) is 0 Å². The third-order valence-electron chi connectivity index (χ3n) is 6.47. The fraction of sp³-hybridized carbons (Fsp3) is 0.407. The molecular weight excluding hydrogens is 454 g/mol. The van der Waals surface area contributed by atoms with Crippen LogP contribution in [0.25, 0.3) is 22.4 Å². The van der Waals surface area contributed by atoms with E-state index in [2.05, 4.69) is 63.2 Å². The summed E-state index contributed by atoms with van der Waals surface area (Å²) in [4.78, 5) is 20.6. The predicted octanol–water partition coefficient (Wildman–Crippen LogP) is 4.30. The first-order valence-electron chi connectivity index (χ1n) is 12.6. The number of rotatable bonds is 10. The van der Waals surface area contributed by atoms with Crippen molar-refractivity contribution in [2.45, 2.75) is 45.7 Å². The number of ether oxygens (including phenoxy) is 2. The van der Waals surface area contributed by atoms with Gasteiger partial charge in [-0.2, -0.15) is 15.0 Å². The van der Waals surface area contributed by atoms with Gasteiger partial charge in [0.15, 0.2) is 17.0 Å². The van der Waals surface area contributed by atoms with E-state index >= 15 is 0 Å². The Morgan fingerprint density at radius 2 is 1.86 bits per heavy atom. The van der Waals surface area contributed by atoms with Crippen molar-refractivity contribution in [1.29, 1.82) is 0 Å². The molecule has 0 radical (unpaired) electrons. The highest BCUT2D eigenvalue weighted by Gasteiger charge is 2.18. The monoisotopic (exact) mass is 487 g/mol. The Labute approximate surface area is 211 Å². The topological polar surface area (TPSA) is 104 Å². The van der Waals surface area contributed by atoms with E-state index in [-0.39, 0.29) is 11.8 Å². The van der Waals surface area contributed by atoms with Crippen LogP contribution >= 0.6 is 0 Å². The molecule has 1 saturated heterocycles. The van der Waals surface area contributed by atoms with Gasteiger partial charge in [0, 0.05) is 18.3 Å². The van der Waals surface area contributed by atoms with Gasteiger partial charge in [0.1, 0.15) is 0 Å². The first-order chi connectivity index (χ1) is 17.6. The SMILES string of the molecule is CCCCOc1nc(N)c2nc(OC)n(Cc3ccc(-c4cccc(CN5CCCC5)c4)nc3)c2n1. The molecule has 0 bridgehead atoms. The Morgan fingerprint density at radius 1 is 1.00 bits per heavy atom. The van der Waals surface area contributed by atoms with Gasteiger partial charge in [-0.05, 0) is 55.6 Å². The average molecular weight is 488 g/mol. The smallest absolute Gasteiger partial charge is 0.320 e. The summed E-state index contributed by atoms with van der Waals surface area (Å²) in [7, 11) is 1.58. The van der Waals surface area contributed by atoms with Gasteiger partial charge in [0.2, 0.25) is 0 Å². The maximum Gasteiger partial charge on any atom is 0.320 e. The first kappa shape index (κ1) is 24.0. The predicted molar refractivity (Wildman–Crippen MR) is 140 cm³/mol. The van der Waals surface area contributed by atoms with E-state index in [9.17, 15) is 0 Å². The van der Waals surface area contributed by atoms with Crippen LogP contribution in [0.4, 0.5) is 5.82 Å². The van der Waals surface area contributed by atoms with E-state index in [1.165, 1.54) is 31.5 Å². The van der Waals surface area contributed by atoms with E-state index in [0.29, 0.717) is 30.3 Å². The summed E-state index contributed by atoms with van der Waals surface area (Å²) in [5, 5.41) is 0. The Hall–Kier alpha value is -3.72. The molecule has 9 heteroatoms. The zero-order valence-corrected chi connectivity index (χ0v) is 21.0. The normalized spacial score (nSPS) is 13.9. The van der Waals surface area contributed by atoms with Crippen molar-refractivity contribution in [1.82, 2.24) is 29.4 Å². The zero-order valence-electron chi connectivity index (χ0n) is 21.0. The molecule has 0 aliphatic carbocycles. The molecule has 0 atom stereocenters. The van der Waals surface area contributed by atoms with Crippen LogP contribution in [0, 0.1) is 0 Å². The second kappa shape index (κ2) is 10.9. The van der Waals surface area contributed by atoms with Gasteiger partial charge in [-0.3, -0.25) is 14.5 Å². The molecule has 4 heterocycles. The quantitative estimate of drug-likeness (QED) is 0.330. The molecule has 0 amide bonds. The fourth-order valence-corrected chi connectivity index (χ4v) is 4.55. The van der Waals surface area contributed by atoms with E-state index in [0.717, 1.165) is 36.2 Å². The molecule has 0 unspecified atom stereocenters. The molecule has 1 aliphatic rings. The highest BCUT2D eigenvalue weighted by atomic mass is 16.5. The summed E-state index contributed by atoms with van der Waals surface area (Å²) >= 11 is 0. The van der Waals surface area contributed by atoms with Crippen LogP contribution in [-0.4, -0.2) is 56.2 Å². The molecule has 4 aromatic rings. The third-order valence-corrected chi connectivity index (χ3v) is 6.47. The minimum absolute atomic E-state index is 0.250. The maximum atomic E-state index is 6.16. The van der Waals surface area contributed by atoms with Crippen LogP contribution in [0.15, 0.2) is 42.6 Å². The lowest BCUT2D eigenvalue weighted by Gasteiger charge is -2.15. The van der Waals surface area contributed by atoms with E-state index < -0.39 is 0 Å². The van der Waals surface area contributed by atoms with Gasteiger partial charge in [0.05, 0.1) is 26.0 Å². The molecule has 9 nitrogen and oxygen atoms in total. The molecule has 188 valence electrons. The molecule has 36 heavy (non-hydrogen) atoms. The first-order valence-corrected chi connectivity index (χ1v) is 12.6. The van der Waals surface area contributed by atoms with E-state index in [1.807, 2.05) is 10.8 Å². The van der Waals surface area contributed by atoms with Crippen molar-refractivity contribution < 1.29 is 9.47 Å². The van der Waals surface area contributed by atoms with Crippen LogP contribution in [-0.2, 0) is 13.1 Å². The standard InChI is InChI=1S/C27H33N7O2/c1-3-4-14-36-26-31-24(28)23-25(32-26)34(27(30-23)35-2)18-20-10-11-22(29-16-20)21-9-7-8-19(15-21)17-33-12-5-6-13-33/h7-11,15-16H,3-6,12-14,17-18H2,1-2H3,(H2,28,31,32). The molecule has 0 saturated carbocycles. The summed E-state index contributed by atoms with van der Waals surface area (Å²) < 4.78 is 13.1. The van der Waals surface area contributed by atoms with Gasteiger partial charge < -0.3 is 15.2 Å². The minimum atomic E-state index is 0.250. The van der Waals surface area contributed by atoms with Crippen LogP contribution in [0.5, 0.6) is 12.0 Å². The van der Waals surface area contributed by atoms with Crippen molar-refractivity contribution >= 4 is 17.0 Å². The highest BCUT2D eigenvalue weighted by Crippen LogP contribution is 2.27. The summed E-state index contributed by atoms with van der Waals surface area (Å²) in [6.45, 7) is 6.49. The number of fused-ring (bicyclic) bond motifs is 1. The fourth-order valence-electron chi connectivity index (χ4n) is 4.55. The number of aromatic nitrogens is 5. The van der Waals surface area contributed by atoms with Gasteiger partial charge >= 0.3 is 6.01 Å². The van der Waals surface area contributed by atoms with Crippen molar-refractivity contribution in [3.8, 4) is 23.3 Å². The zero-order chi connectivity index (χ0) is 24.9. The Morgan fingerprint density at radius 3 is 2.61 bits per heavy atom. The number of pyridine rings is 1. The Bertz CT molecular complexity index is 1310. The van der Waals surface area contributed by atoms with Crippen molar-refractivity contribution in [3.63, 3.8) is 0 Å². The summed E-state index contributed by atoms with van der Waals surface area (Å²) in [6.07, 6.45) is 6.42. The number of likely N-dealkylation sites (tertiary alicyclic amines) is 1. The van der Waals surface area contributed by atoms with Crippen LogP contribution < -0.4 is 15.2 Å². The lowest BCUT2D eigenvalue weighted by atomic mass is 10.1. The number of methoxy groups -OCH3 is 1. The van der Waals surface area contributed by atoms with Gasteiger partial charge in [-0.25, -0.2) is 0 Å². The van der Waals surface area contributed by atoms with Crippen molar-refractivity contribution in [3.05, 3.63) is 53.7 Å². The number of hydrogen-bond donors (Lipinski definition) is 1. The molecule has 1 fully saturated rings. The van der Waals surface area contributed by atoms with Crippen LogP contribution in [0.1, 0.15) is 43.7 Å². The summed E-state index contributed by atoms with van der Waals surface area (Å²) in [6, 6.07) is 13.5. The second-order valence-corrected chi connectivity index (χ2v) is 9.19. The molecular formula is C27H33N7O2. The second-order valence-electron chi connectivity index (χ2n) is 9.19. The Kier molecular flexibility index (Phi) is 7.27. The lowest BCUT2D eigenvalue weighted by molar-refractivity contribution is 0.286. The number of nitrogens with zero attached hydrogens (tertiary/aromatic N) is 6. The molecule has 3 aromatic heterocycles. The van der Waals surface area contributed by atoms with Gasteiger partial charge in [-0.15, -0.1) is 0 Å². The van der Waals surface area contributed by atoms with Gasteiger partial charge in [-0.1, -0.05) is 37.6 Å². The number of nitrogens with two attached hydrogens (primary N) is 1. The Balaban J connectivity index is 1.37. The minimum Gasteiger partial charge on any atom is -0.468 e. The number of unbranched alkanes of at least 4 members (excludes halogenated alkanes) is 1. The molecule has 2 N–H and O–H groups in total. The number of imidazole rings is 1. The molecule has 5 rings (SSSR count). The highest BCUT2D eigenvalue weighted by molar-refractivity contribution is 5.83. The van der Waals surface area contributed by atoms with Crippen molar-refractivity contribution in [2.75, 3.05) is 32.5 Å². The molecule has 0 spiro atoms. The molecule has 1 aliphatic heterocycles. The maximum absolute atomic E-state index is 6.16. The van der Waals surface area contributed by atoms with Gasteiger partial charge in [0.25, 0.3) is 6.01 Å². The van der Waals surface area contributed by atoms with E-state index in [1.54, 1.807) is 7.11 Å². The summed E-state index contributed by atoms with van der Waals surface area (Å²) in [5.74, 6) is 0.269. The number of hydrogen-bond acceptors (Lipinski definition) is 8. The lowest BCUT2D eigenvalue weighted by Crippen LogP contribution is -2.18.